The van der Waals surface area contributed by atoms with Crippen molar-refractivity contribution in [2.45, 2.75) is 0 Å². The van der Waals surface area contributed by atoms with Gasteiger partial charge in [-0.2, -0.15) is 0 Å². The number of fused-ring (bicyclic) bond motifs is 1. The molecule has 0 saturated carbocycles. The van der Waals surface area contributed by atoms with Crippen molar-refractivity contribution < 1.29 is 14.2 Å². The first-order chi connectivity index (χ1) is 9.63. The number of hydrogen-bond acceptors (Lipinski definition) is 4. The molecule has 0 atom stereocenters. The minimum absolute atomic E-state index is 0.483. The molecule has 2 aromatic carbocycles. The summed E-state index contributed by atoms with van der Waals surface area (Å²) in [6.45, 7) is 1.04. The van der Waals surface area contributed by atoms with Crippen LogP contribution in [0.4, 0.5) is 5.69 Å². The van der Waals surface area contributed by atoms with E-state index < -0.39 is 0 Å². The van der Waals surface area contributed by atoms with E-state index in [1.54, 1.807) is 30.3 Å². The van der Waals surface area contributed by atoms with Crippen LogP contribution in [0, 0.1) is 0 Å². The van der Waals surface area contributed by atoms with E-state index in [1.165, 1.54) is 0 Å². The zero-order valence-corrected chi connectivity index (χ0v) is 12.7. The molecule has 1 aliphatic heterocycles. The van der Waals surface area contributed by atoms with Crippen LogP contribution >= 0.6 is 27.5 Å². The highest BCUT2D eigenvalue weighted by atomic mass is 79.9. The number of rotatable bonds is 2. The van der Waals surface area contributed by atoms with Gasteiger partial charge in [-0.1, -0.05) is 11.6 Å². The van der Waals surface area contributed by atoms with Crippen LogP contribution in [0.25, 0.3) is 0 Å². The highest BCUT2D eigenvalue weighted by Gasteiger charge is 2.16. The fraction of sp³-hybridized carbons (Fsp3) is 0.143. The molecule has 0 aliphatic carbocycles. The van der Waals surface area contributed by atoms with Crippen LogP contribution in [0.1, 0.15) is 0 Å². The molecule has 2 aromatic rings. The Bertz CT molecular complexity index is 663. The van der Waals surface area contributed by atoms with Crippen molar-refractivity contribution in [3.05, 3.63) is 39.8 Å². The first-order valence-electron chi connectivity index (χ1n) is 5.95. The van der Waals surface area contributed by atoms with E-state index in [2.05, 4.69) is 15.9 Å². The fourth-order valence-corrected chi connectivity index (χ4v) is 2.61. The predicted octanol–water partition coefficient (Wildman–Crippen LogP) is 4.25. The van der Waals surface area contributed by atoms with Crippen LogP contribution in [0.2, 0.25) is 5.02 Å². The number of anilines is 1. The van der Waals surface area contributed by atoms with Gasteiger partial charge in [-0.25, -0.2) is 0 Å². The Morgan fingerprint density at radius 2 is 1.75 bits per heavy atom. The highest BCUT2D eigenvalue weighted by Crippen LogP contribution is 2.41. The standard InChI is InChI=1S/C14H11BrClNO3/c15-9-5-8(16)1-2-11(9)20-12-7-14-13(6-10(12)17)18-3-4-19-14/h1-2,5-7H,3-4,17H2. The zero-order valence-electron chi connectivity index (χ0n) is 10.4. The Hall–Kier alpha value is -1.59. The van der Waals surface area contributed by atoms with Crippen molar-refractivity contribution in [2.75, 3.05) is 18.9 Å². The van der Waals surface area contributed by atoms with E-state index in [0.29, 0.717) is 46.9 Å². The molecule has 3 rings (SSSR count). The molecule has 104 valence electrons. The lowest BCUT2D eigenvalue weighted by atomic mass is 10.2. The van der Waals surface area contributed by atoms with Crippen molar-refractivity contribution in [1.29, 1.82) is 0 Å². The topological polar surface area (TPSA) is 53.7 Å². The summed E-state index contributed by atoms with van der Waals surface area (Å²) in [6, 6.07) is 8.70. The average molecular weight is 357 g/mol. The molecule has 1 aliphatic rings. The molecule has 0 saturated heterocycles. The lowest BCUT2D eigenvalue weighted by Crippen LogP contribution is -2.15. The third kappa shape index (κ3) is 2.64. The van der Waals surface area contributed by atoms with Gasteiger partial charge in [0.25, 0.3) is 0 Å². The van der Waals surface area contributed by atoms with Crippen LogP contribution < -0.4 is 19.9 Å². The summed E-state index contributed by atoms with van der Waals surface area (Å²) in [4.78, 5) is 0. The van der Waals surface area contributed by atoms with Crippen LogP contribution in [-0.2, 0) is 0 Å². The van der Waals surface area contributed by atoms with E-state index in [9.17, 15) is 0 Å². The van der Waals surface area contributed by atoms with E-state index in [0.717, 1.165) is 4.47 Å². The van der Waals surface area contributed by atoms with Crippen molar-refractivity contribution in [3.8, 4) is 23.0 Å². The summed E-state index contributed by atoms with van der Waals surface area (Å²) < 4.78 is 17.5. The lowest BCUT2D eigenvalue weighted by Gasteiger charge is -2.20. The monoisotopic (exact) mass is 355 g/mol. The van der Waals surface area contributed by atoms with Gasteiger partial charge in [0.05, 0.1) is 10.2 Å². The molecule has 4 nitrogen and oxygen atoms in total. The van der Waals surface area contributed by atoms with Gasteiger partial charge in [0.1, 0.15) is 19.0 Å². The van der Waals surface area contributed by atoms with Gasteiger partial charge in [-0.15, -0.1) is 0 Å². The van der Waals surface area contributed by atoms with Crippen LogP contribution in [-0.4, -0.2) is 13.2 Å². The van der Waals surface area contributed by atoms with E-state index >= 15 is 0 Å². The Kier molecular flexibility index (Phi) is 3.63. The Labute approximate surface area is 129 Å². The molecule has 0 bridgehead atoms. The van der Waals surface area contributed by atoms with Crippen LogP contribution in [0.3, 0.4) is 0 Å². The van der Waals surface area contributed by atoms with Crippen molar-refractivity contribution in [1.82, 2.24) is 0 Å². The second kappa shape index (κ2) is 5.42. The third-order valence-electron chi connectivity index (χ3n) is 2.79. The molecule has 0 spiro atoms. The molecule has 2 N–H and O–H groups in total. The van der Waals surface area contributed by atoms with Gasteiger partial charge in [0, 0.05) is 17.2 Å². The molecule has 0 unspecified atom stereocenters. The molecule has 0 amide bonds. The van der Waals surface area contributed by atoms with Crippen molar-refractivity contribution in [3.63, 3.8) is 0 Å². The van der Waals surface area contributed by atoms with Gasteiger partial charge in [-0.3, -0.25) is 0 Å². The van der Waals surface area contributed by atoms with Crippen molar-refractivity contribution >= 4 is 33.2 Å². The van der Waals surface area contributed by atoms with Gasteiger partial charge in [0.2, 0.25) is 0 Å². The highest BCUT2D eigenvalue weighted by molar-refractivity contribution is 9.10. The number of ether oxygens (including phenoxy) is 3. The maximum Gasteiger partial charge on any atom is 0.165 e. The molecule has 20 heavy (non-hydrogen) atoms. The first kappa shape index (κ1) is 13.4. The molecular formula is C14H11BrClNO3. The summed E-state index contributed by atoms with van der Waals surface area (Å²) in [6.07, 6.45) is 0. The zero-order chi connectivity index (χ0) is 14.1. The van der Waals surface area contributed by atoms with Gasteiger partial charge >= 0.3 is 0 Å². The predicted molar refractivity (Wildman–Crippen MR) is 81.1 cm³/mol. The molecule has 0 aromatic heterocycles. The molecule has 0 fully saturated rings. The summed E-state index contributed by atoms with van der Waals surface area (Å²) in [5.41, 5.74) is 6.45. The van der Waals surface area contributed by atoms with Crippen LogP contribution in [0.15, 0.2) is 34.8 Å². The molecule has 6 heteroatoms. The van der Waals surface area contributed by atoms with E-state index in [4.69, 9.17) is 31.5 Å². The lowest BCUT2D eigenvalue weighted by molar-refractivity contribution is 0.171. The maximum atomic E-state index is 5.97. The first-order valence-corrected chi connectivity index (χ1v) is 7.12. The number of benzene rings is 2. The SMILES string of the molecule is Nc1cc2c(cc1Oc1ccc(Cl)cc1Br)OCCO2. The van der Waals surface area contributed by atoms with Crippen LogP contribution in [0.5, 0.6) is 23.0 Å². The number of hydrogen-bond donors (Lipinski definition) is 1. The average Bonchev–Trinajstić information content (AvgIpc) is 2.42. The Morgan fingerprint density at radius 3 is 2.45 bits per heavy atom. The number of nitrogen functional groups attached to an aromatic ring is 1. The third-order valence-corrected chi connectivity index (χ3v) is 3.64. The number of nitrogens with two attached hydrogens (primary N) is 1. The Balaban J connectivity index is 1.94. The largest absolute Gasteiger partial charge is 0.486 e. The Morgan fingerprint density at radius 1 is 1.05 bits per heavy atom. The van der Waals surface area contributed by atoms with E-state index in [-0.39, 0.29) is 0 Å². The normalized spacial score (nSPS) is 13.1. The summed E-state index contributed by atoms with van der Waals surface area (Å²) in [5, 5.41) is 0.624. The summed E-state index contributed by atoms with van der Waals surface area (Å²) >= 11 is 9.30. The quantitative estimate of drug-likeness (QED) is 0.817. The van der Waals surface area contributed by atoms with Gasteiger partial charge in [-0.05, 0) is 34.1 Å². The van der Waals surface area contributed by atoms with E-state index in [1.807, 2.05) is 0 Å². The van der Waals surface area contributed by atoms with Crippen molar-refractivity contribution in [2.24, 2.45) is 0 Å². The smallest absolute Gasteiger partial charge is 0.165 e. The molecule has 1 heterocycles. The summed E-state index contributed by atoms with van der Waals surface area (Å²) in [5.74, 6) is 2.40. The number of halogens is 2. The minimum atomic E-state index is 0.483. The van der Waals surface area contributed by atoms with Gasteiger partial charge in [0.15, 0.2) is 17.2 Å². The molecule has 0 radical (unpaired) electrons. The summed E-state index contributed by atoms with van der Waals surface area (Å²) in [7, 11) is 0. The fourth-order valence-electron chi connectivity index (χ4n) is 1.85. The van der Waals surface area contributed by atoms with Gasteiger partial charge < -0.3 is 19.9 Å². The second-order valence-corrected chi connectivity index (χ2v) is 5.50. The molecular weight excluding hydrogens is 346 g/mol. The minimum Gasteiger partial charge on any atom is -0.486 e. The second-order valence-electron chi connectivity index (χ2n) is 4.21. The maximum absolute atomic E-state index is 5.97.